The Hall–Kier alpha value is -2.35. The minimum atomic E-state index is 0.363. The van der Waals surface area contributed by atoms with Crippen LogP contribution in [0.25, 0.3) is 11.1 Å². The molecule has 3 rings (SSSR count). The molecule has 124 valence electrons. The van der Waals surface area contributed by atoms with Crippen LogP contribution in [0.1, 0.15) is 12.0 Å². The standard InChI is InChI=1S/C20H23N3O/c21-9-4-10-22-11-13-23(14-12-22)16-19-15-18(7-8-20(19)24)17-5-2-1-3-6-17/h1-3,5-8,15,24H,4,10-14,16H2. The Morgan fingerprint density at radius 1 is 0.917 bits per heavy atom. The van der Waals surface area contributed by atoms with Crippen LogP contribution in [-0.2, 0) is 6.54 Å². The molecule has 0 saturated carbocycles. The second-order valence-corrected chi connectivity index (χ2v) is 6.24. The van der Waals surface area contributed by atoms with Crippen molar-refractivity contribution in [3.05, 3.63) is 54.1 Å². The third-order valence-corrected chi connectivity index (χ3v) is 4.59. The maximum Gasteiger partial charge on any atom is 0.120 e. The summed E-state index contributed by atoms with van der Waals surface area (Å²) in [5.74, 6) is 0.363. The number of nitrogens with zero attached hydrogens (tertiary/aromatic N) is 3. The molecule has 24 heavy (non-hydrogen) atoms. The van der Waals surface area contributed by atoms with Crippen molar-refractivity contribution < 1.29 is 5.11 Å². The third kappa shape index (κ3) is 4.14. The first-order chi connectivity index (χ1) is 11.8. The molecular formula is C20H23N3O. The van der Waals surface area contributed by atoms with Crippen molar-refractivity contribution in [1.29, 1.82) is 5.26 Å². The molecule has 1 aliphatic rings. The first-order valence-electron chi connectivity index (χ1n) is 8.45. The monoisotopic (exact) mass is 321 g/mol. The average molecular weight is 321 g/mol. The van der Waals surface area contributed by atoms with Gasteiger partial charge < -0.3 is 5.11 Å². The van der Waals surface area contributed by atoms with Gasteiger partial charge in [-0.1, -0.05) is 36.4 Å². The van der Waals surface area contributed by atoms with Crippen molar-refractivity contribution in [1.82, 2.24) is 9.80 Å². The van der Waals surface area contributed by atoms with Gasteiger partial charge in [0, 0.05) is 51.3 Å². The summed E-state index contributed by atoms with van der Waals surface area (Å²) in [5.41, 5.74) is 3.28. The Morgan fingerprint density at radius 3 is 2.33 bits per heavy atom. The van der Waals surface area contributed by atoms with Crippen LogP contribution in [-0.4, -0.2) is 47.6 Å². The fourth-order valence-corrected chi connectivity index (χ4v) is 3.14. The molecular weight excluding hydrogens is 298 g/mol. The normalized spacial score (nSPS) is 16.0. The second kappa shape index (κ2) is 7.96. The van der Waals surface area contributed by atoms with Crippen molar-refractivity contribution in [2.75, 3.05) is 32.7 Å². The van der Waals surface area contributed by atoms with E-state index in [9.17, 15) is 5.11 Å². The molecule has 4 nitrogen and oxygen atoms in total. The molecule has 0 unspecified atom stereocenters. The minimum Gasteiger partial charge on any atom is -0.508 e. The van der Waals surface area contributed by atoms with Crippen molar-refractivity contribution in [3.63, 3.8) is 0 Å². The molecule has 2 aromatic carbocycles. The summed E-state index contributed by atoms with van der Waals surface area (Å²) in [6, 6.07) is 18.3. The highest BCUT2D eigenvalue weighted by atomic mass is 16.3. The lowest BCUT2D eigenvalue weighted by Gasteiger charge is -2.34. The number of rotatable bonds is 5. The number of hydrogen-bond acceptors (Lipinski definition) is 4. The zero-order valence-electron chi connectivity index (χ0n) is 13.9. The van der Waals surface area contributed by atoms with Crippen LogP contribution < -0.4 is 0 Å². The topological polar surface area (TPSA) is 50.5 Å². The van der Waals surface area contributed by atoms with E-state index in [2.05, 4.69) is 34.1 Å². The molecule has 0 atom stereocenters. The Bertz CT molecular complexity index is 701. The van der Waals surface area contributed by atoms with Crippen LogP contribution in [0.15, 0.2) is 48.5 Å². The first-order valence-corrected chi connectivity index (χ1v) is 8.45. The summed E-state index contributed by atoms with van der Waals surface area (Å²) >= 11 is 0. The highest BCUT2D eigenvalue weighted by molar-refractivity contribution is 5.65. The van der Waals surface area contributed by atoms with Gasteiger partial charge in [-0.2, -0.15) is 5.26 Å². The van der Waals surface area contributed by atoms with E-state index in [1.54, 1.807) is 6.07 Å². The van der Waals surface area contributed by atoms with E-state index in [0.717, 1.165) is 50.4 Å². The van der Waals surface area contributed by atoms with Crippen molar-refractivity contribution in [3.8, 4) is 22.9 Å². The van der Waals surface area contributed by atoms with Gasteiger partial charge in [-0.15, -0.1) is 0 Å². The molecule has 0 amide bonds. The largest absolute Gasteiger partial charge is 0.508 e. The molecule has 0 spiro atoms. The van der Waals surface area contributed by atoms with Gasteiger partial charge in [-0.25, -0.2) is 0 Å². The lowest BCUT2D eigenvalue weighted by atomic mass is 10.0. The number of phenolic OH excluding ortho intramolecular Hbond substituents is 1. The Kier molecular flexibility index (Phi) is 5.47. The molecule has 1 N–H and O–H groups in total. The SMILES string of the molecule is N#CCCN1CCN(Cc2cc(-c3ccccc3)ccc2O)CC1. The molecule has 4 heteroatoms. The van der Waals surface area contributed by atoms with Crippen molar-refractivity contribution in [2.24, 2.45) is 0 Å². The van der Waals surface area contributed by atoms with Gasteiger partial charge in [-0.05, 0) is 23.3 Å². The maximum atomic E-state index is 10.2. The van der Waals surface area contributed by atoms with Gasteiger partial charge in [0.25, 0.3) is 0 Å². The molecule has 0 aliphatic carbocycles. The molecule has 0 aromatic heterocycles. The van der Waals surface area contributed by atoms with Crippen molar-refractivity contribution in [2.45, 2.75) is 13.0 Å². The molecule has 2 aromatic rings. The van der Waals surface area contributed by atoms with E-state index < -0.39 is 0 Å². The lowest BCUT2D eigenvalue weighted by molar-refractivity contribution is 0.128. The molecule has 1 fully saturated rings. The molecule has 1 heterocycles. The summed E-state index contributed by atoms with van der Waals surface area (Å²) < 4.78 is 0. The van der Waals surface area contributed by atoms with E-state index in [0.29, 0.717) is 12.2 Å². The van der Waals surface area contributed by atoms with Gasteiger partial charge in [0.2, 0.25) is 0 Å². The number of nitriles is 1. The van der Waals surface area contributed by atoms with Gasteiger partial charge >= 0.3 is 0 Å². The quantitative estimate of drug-likeness (QED) is 0.919. The van der Waals surface area contributed by atoms with Gasteiger partial charge in [-0.3, -0.25) is 9.80 Å². The van der Waals surface area contributed by atoms with Crippen LogP contribution in [0, 0.1) is 11.3 Å². The molecule has 1 aliphatic heterocycles. The first kappa shape index (κ1) is 16.5. The van der Waals surface area contributed by atoms with Gasteiger partial charge in [0.1, 0.15) is 5.75 Å². The molecule has 0 radical (unpaired) electrons. The van der Waals surface area contributed by atoms with E-state index in [1.165, 1.54) is 5.56 Å². The maximum absolute atomic E-state index is 10.2. The average Bonchev–Trinajstić information content (AvgIpc) is 2.64. The van der Waals surface area contributed by atoms with Crippen LogP contribution in [0.2, 0.25) is 0 Å². The summed E-state index contributed by atoms with van der Waals surface area (Å²) in [6.07, 6.45) is 0.597. The Morgan fingerprint density at radius 2 is 1.62 bits per heavy atom. The zero-order valence-corrected chi connectivity index (χ0v) is 13.9. The van der Waals surface area contributed by atoms with Gasteiger partial charge in [0.15, 0.2) is 0 Å². The summed E-state index contributed by atoms with van der Waals surface area (Å²) in [7, 11) is 0. The number of hydrogen-bond donors (Lipinski definition) is 1. The molecule has 0 bridgehead atoms. The number of piperazine rings is 1. The number of aromatic hydroxyl groups is 1. The third-order valence-electron chi connectivity index (χ3n) is 4.59. The Labute approximate surface area is 143 Å². The predicted molar refractivity (Wildman–Crippen MR) is 95.5 cm³/mol. The van der Waals surface area contributed by atoms with E-state index in [1.807, 2.05) is 24.3 Å². The fourth-order valence-electron chi connectivity index (χ4n) is 3.14. The smallest absolute Gasteiger partial charge is 0.120 e. The van der Waals surface area contributed by atoms with Crippen LogP contribution in [0.4, 0.5) is 0 Å². The van der Waals surface area contributed by atoms with Gasteiger partial charge in [0.05, 0.1) is 6.07 Å². The predicted octanol–water partition coefficient (Wildman–Crippen LogP) is 3.09. The highest BCUT2D eigenvalue weighted by Gasteiger charge is 2.17. The zero-order chi connectivity index (χ0) is 16.8. The van der Waals surface area contributed by atoms with Crippen LogP contribution in [0.3, 0.4) is 0 Å². The summed E-state index contributed by atoms with van der Waals surface area (Å²) in [5, 5.41) is 18.9. The van der Waals surface area contributed by atoms with E-state index in [-0.39, 0.29) is 0 Å². The second-order valence-electron chi connectivity index (χ2n) is 6.24. The lowest BCUT2D eigenvalue weighted by Crippen LogP contribution is -2.46. The van der Waals surface area contributed by atoms with E-state index in [4.69, 9.17) is 5.26 Å². The minimum absolute atomic E-state index is 0.363. The Balaban J connectivity index is 1.65. The number of phenols is 1. The summed E-state index contributed by atoms with van der Waals surface area (Å²) in [4.78, 5) is 4.70. The highest BCUT2D eigenvalue weighted by Crippen LogP contribution is 2.27. The van der Waals surface area contributed by atoms with E-state index >= 15 is 0 Å². The number of benzene rings is 2. The molecule has 1 saturated heterocycles. The summed E-state index contributed by atoms with van der Waals surface area (Å²) in [6.45, 7) is 5.54. The van der Waals surface area contributed by atoms with Crippen LogP contribution in [0.5, 0.6) is 5.75 Å². The van der Waals surface area contributed by atoms with Crippen molar-refractivity contribution >= 4 is 0 Å². The fraction of sp³-hybridized carbons (Fsp3) is 0.350. The van der Waals surface area contributed by atoms with Crippen LogP contribution >= 0.6 is 0 Å².